The van der Waals surface area contributed by atoms with Crippen molar-refractivity contribution >= 4 is 91.6 Å². The number of benzene rings is 13. The molecular formula is C80H59N3O2Si. The van der Waals surface area contributed by atoms with E-state index in [9.17, 15) is 9.59 Å². The first kappa shape index (κ1) is 54.1. The zero-order chi connectivity index (χ0) is 58.1. The van der Waals surface area contributed by atoms with Gasteiger partial charge in [0.1, 0.15) is 0 Å². The van der Waals surface area contributed by atoms with E-state index in [0.717, 1.165) is 62.3 Å². The minimum Gasteiger partial charge on any atom is -0.311 e. The van der Waals surface area contributed by atoms with Crippen molar-refractivity contribution in [2.24, 2.45) is 0 Å². The molecule has 0 saturated carbocycles. The summed E-state index contributed by atoms with van der Waals surface area (Å²) in [6.07, 6.45) is 0. The van der Waals surface area contributed by atoms with Crippen LogP contribution in [-0.2, 0) is 0 Å². The van der Waals surface area contributed by atoms with Gasteiger partial charge in [-0.2, -0.15) is 0 Å². The van der Waals surface area contributed by atoms with Gasteiger partial charge in [0.05, 0.1) is 0 Å². The lowest BCUT2D eigenvalue weighted by Crippen LogP contribution is -2.74. The third-order valence-corrected chi connectivity index (χ3v) is 20.8. The van der Waals surface area contributed by atoms with Crippen LogP contribution in [0.25, 0.3) is 11.1 Å². The standard InChI is InChI=1S/C80H59N3O2Si/c84-79(62-23-8-1-9-24-62)64-25-22-26-65(59-64)80(85)63-41-39-60(40-42-63)61-43-55-77(56-44-61)86(75-35-18-6-19-36-75,76-37-20-7-21-38-76)78-57-53-74(54-58-78)83(72-49-45-70(46-50-72)81(66-27-10-2-11-28-66)67-29-12-3-13-30-67)73-51-47-71(48-52-73)82(68-31-14-4-15-32-68)69-33-16-5-17-34-69/h1-59H. The van der Waals surface area contributed by atoms with Crippen LogP contribution in [0.1, 0.15) is 31.8 Å². The van der Waals surface area contributed by atoms with Crippen molar-refractivity contribution in [3.05, 3.63) is 380 Å². The summed E-state index contributed by atoms with van der Waals surface area (Å²) in [7, 11) is -3.00. The Morgan fingerprint density at radius 2 is 0.419 bits per heavy atom. The van der Waals surface area contributed by atoms with E-state index in [2.05, 4.69) is 294 Å². The Morgan fingerprint density at radius 3 is 0.744 bits per heavy atom. The first-order valence-electron chi connectivity index (χ1n) is 29.0. The molecule has 6 heteroatoms. The second-order valence-corrected chi connectivity index (χ2v) is 25.0. The molecule has 13 rings (SSSR count). The van der Waals surface area contributed by atoms with Gasteiger partial charge in [-0.25, -0.2) is 0 Å². The maximum atomic E-state index is 13.9. The molecule has 0 fully saturated rings. The smallest absolute Gasteiger partial charge is 0.193 e. The fraction of sp³-hybridized carbons (Fsp3) is 0. The largest absolute Gasteiger partial charge is 0.311 e. The summed E-state index contributed by atoms with van der Waals surface area (Å²) < 4.78 is 0. The minimum atomic E-state index is -3.00. The van der Waals surface area contributed by atoms with Gasteiger partial charge in [0.25, 0.3) is 0 Å². The number of nitrogens with zero attached hydrogens (tertiary/aromatic N) is 3. The lowest BCUT2D eigenvalue weighted by Gasteiger charge is -2.35. The van der Waals surface area contributed by atoms with Crippen molar-refractivity contribution < 1.29 is 9.59 Å². The molecule has 13 aromatic carbocycles. The van der Waals surface area contributed by atoms with Gasteiger partial charge in [0.15, 0.2) is 19.6 Å². The highest BCUT2D eigenvalue weighted by molar-refractivity contribution is 7.19. The van der Waals surface area contributed by atoms with Crippen LogP contribution in [0.2, 0.25) is 0 Å². The number of para-hydroxylation sites is 4. The van der Waals surface area contributed by atoms with Gasteiger partial charge in [-0.3, -0.25) is 9.59 Å². The molecule has 0 aliphatic carbocycles. The maximum absolute atomic E-state index is 13.9. The van der Waals surface area contributed by atoms with Gasteiger partial charge in [0.2, 0.25) is 0 Å². The Kier molecular flexibility index (Phi) is 15.6. The summed E-state index contributed by atoms with van der Waals surface area (Å²) >= 11 is 0. The molecule has 5 nitrogen and oxygen atoms in total. The van der Waals surface area contributed by atoms with E-state index in [1.54, 1.807) is 36.4 Å². The third kappa shape index (κ3) is 11.0. The number of anilines is 9. The Morgan fingerprint density at radius 1 is 0.198 bits per heavy atom. The lowest BCUT2D eigenvalue weighted by atomic mass is 9.96. The average molecular weight is 1120 g/mol. The zero-order valence-corrected chi connectivity index (χ0v) is 48.2. The van der Waals surface area contributed by atoms with E-state index in [4.69, 9.17) is 0 Å². The molecule has 410 valence electrons. The molecule has 0 spiro atoms. The summed E-state index contributed by atoms with van der Waals surface area (Å²) in [6.45, 7) is 0. The number of rotatable bonds is 18. The van der Waals surface area contributed by atoms with E-state index in [1.165, 1.54) is 20.7 Å². The van der Waals surface area contributed by atoms with Crippen LogP contribution in [0.15, 0.2) is 358 Å². The van der Waals surface area contributed by atoms with Crippen molar-refractivity contribution in [2.75, 3.05) is 14.7 Å². The minimum absolute atomic E-state index is 0.115. The van der Waals surface area contributed by atoms with E-state index in [-0.39, 0.29) is 11.6 Å². The first-order chi connectivity index (χ1) is 42.5. The molecule has 0 bridgehead atoms. The van der Waals surface area contributed by atoms with Crippen molar-refractivity contribution in [3.63, 3.8) is 0 Å². The maximum Gasteiger partial charge on any atom is 0.193 e. The third-order valence-electron chi connectivity index (χ3n) is 16.0. The van der Waals surface area contributed by atoms with Crippen molar-refractivity contribution in [1.82, 2.24) is 0 Å². The molecule has 0 aliphatic heterocycles. The molecule has 0 N–H and O–H groups in total. The second-order valence-electron chi connectivity index (χ2n) is 21.2. The van der Waals surface area contributed by atoms with Crippen molar-refractivity contribution in [2.45, 2.75) is 0 Å². The Balaban J connectivity index is 0.874. The van der Waals surface area contributed by atoms with Gasteiger partial charge < -0.3 is 14.7 Å². The van der Waals surface area contributed by atoms with E-state index in [0.29, 0.717) is 22.3 Å². The summed E-state index contributed by atoms with van der Waals surface area (Å²) in [5.41, 5.74) is 13.6. The Hall–Kier alpha value is -11.2. The van der Waals surface area contributed by atoms with Gasteiger partial charge in [-0.15, -0.1) is 0 Å². The number of ketones is 2. The SMILES string of the molecule is O=C(c1ccccc1)c1cccc(C(=O)c2ccc(-c3ccc([Si](c4ccccc4)(c4ccccc4)c4ccc(N(c5ccc(N(c6ccccc6)c6ccccc6)cc5)c5ccc(N(c6ccccc6)c6ccccc6)cc5)cc4)cc3)cc2)c1. The van der Waals surface area contributed by atoms with Crippen molar-refractivity contribution in [1.29, 1.82) is 0 Å². The van der Waals surface area contributed by atoms with Gasteiger partial charge in [-0.1, -0.05) is 243 Å². The van der Waals surface area contributed by atoms with Crippen LogP contribution >= 0.6 is 0 Å². The molecule has 86 heavy (non-hydrogen) atoms. The fourth-order valence-corrected chi connectivity index (χ4v) is 16.6. The van der Waals surface area contributed by atoms with Crippen LogP contribution in [0.5, 0.6) is 0 Å². The predicted octanol–water partition coefficient (Wildman–Crippen LogP) is 17.6. The van der Waals surface area contributed by atoms with Crippen LogP contribution < -0.4 is 35.4 Å². The summed E-state index contributed by atoms with van der Waals surface area (Å²) in [4.78, 5) is 34.1. The lowest BCUT2D eigenvalue weighted by molar-refractivity contribution is 0.103. The number of carbonyl (C=O) groups excluding carboxylic acids is 2. The highest BCUT2D eigenvalue weighted by Gasteiger charge is 2.41. The van der Waals surface area contributed by atoms with Crippen LogP contribution in [0.4, 0.5) is 51.2 Å². The second kappa shape index (κ2) is 24.7. The molecule has 0 atom stereocenters. The molecule has 0 radical (unpaired) electrons. The van der Waals surface area contributed by atoms with E-state index >= 15 is 0 Å². The summed E-state index contributed by atoms with van der Waals surface area (Å²) in [5.74, 6) is -0.250. The molecule has 13 aromatic rings. The monoisotopic (exact) mass is 1120 g/mol. The number of hydrogen-bond donors (Lipinski definition) is 0. The Bertz CT molecular complexity index is 4120. The normalized spacial score (nSPS) is 11.1. The molecule has 0 aliphatic rings. The van der Waals surface area contributed by atoms with Gasteiger partial charge in [-0.05, 0) is 147 Å². The topological polar surface area (TPSA) is 43.9 Å². The zero-order valence-electron chi connectivity index (χ0n) is 47.2. The fourth-order valence-electron chi connectivity index (χ4n) is 11.8. The molecular weight excluding hydrogens is 1060 g/mol. The molecule has 0 saturated heterocycles. The van der Waals surface area contributed by atoms with Crippen LogP contribution in [-0.4, -0.2) is 19.6 Å². The average Bonchev–Trinajstić information content (AvgIpc) is 0.925. The quantitative estimate of drug-likeness (QED) is 0.0487. The van der Waals surface area contributed by atoms with E-state index < -0.39 is 8.07 Å². The molecule has 0 aromatic heterocycles. The Labute approximate surface area is 504 Å². The first-order valence-corrected chi connectivity index (χ1v) is 31.0. The van der Waals surface area contributed by atoms with Gasteiger partial charge >= 0.3 is 0 Å². The van der Waals surface area contributed by atoms with Gasteiger partial charge in [0, 0.05) is 73.4 Å². The molecule has 0 heterocycles. The predicted molar refractivity (Wildman–Crippen MR) is 359 cm³/mol. The molecule has 0 unspecified atom stereocenters. The van der Waals surface area contributed by atoms with Crippen molar-refractivity contribution in [3.8, 4) is 11.1 Å². The highest BCUT2D eigenvalue weighted by Crippen LogP contribution is 2.41. The van der Waals surface area contributed by atoms with E-state index in [1.807, 2.05) is 42.5 Å². The highest BCUT2D eigenvalue weighted by atomic mass is 28.3. The number of carbonyl (C=O) groups is 2. The van der Waals surface area contributed by atoms with Crippen LogP contribution in [0.3, 0.4) is 0 Å². The van der Waals surface area contributed by atoms with Crippen LogP contribution in [0, 0.1) is 0 Å². The summed E-state index contributed by atoms with van der Waals surface area (Å²) in [5, 5.41) is 5.04. The molecule has 0 amide bonds. The number of hydrogen-bond acceptors (Lipinski definition) is 5. The summed E-state index contributed by atoms with van der Waals surface area (Å²) in [6, 6.07) is 124.